The number of rotatable bonds is 4. The van der Waals surface area contributed by atoms with Gasteiger partial charge in [-0.1, -0.05) is 29.8 Å². The number of benzene rings is 1. The van der Waals surface area contributed by atoms with E-state index in [0.717, 1.165) is 11.1 Å². The average Bonchev–Trinajstić information content (AvgIpc) is 2.27. The van der Waals surface area contributed by atoms with Gasteiger partial charge in [-0.05, 0) is 12.5 Å². The summed E-state index contributed by atoms with van der Waals surface area (Å²) in [5.41, 5.74) is 2.12. The Bertz CT molecular complexity index is 407. The van der Waals surface area contributed by atoms with Crippen molar-refractivity contribution in [3.8, 4) is 0 Å². The molecular weight excluding hydrogens is 240 g/mol. The molecule has 0 saturated carbocycles. The summed E-state index contributed by atoms with van der Waals surface area (Å²) in [5.74, 6) is -0.168. The normalized spacial score (nSPS) is 9.76. The number of imide groups is 1. The summed E-state index contributed by atoms with van der Waals surface area (Å²) in [6, 6.07) is 7.28. The fraction of sp³-hybridized carbons (Fsp3) is 0.333. The van der Waals surface area contributed by atoms with Gasteiger partial charge in [-0.15, -0.1) is 11.6 Å². The second-order valence-corrected chi connectivity index (χ2v) is 4.04. The van der Waals surface area contributed by atoms with Crippen molar-refractivity contribution in [1.29, 1.82) is 0 Å². The Hall–Kier alpha value is -1.55. The lowest BCUT2D eigenvalue weighted by molar-refractivity contribution is -0.119. The van der Waals surface area contributed by atoms with E-state index in [0.29, 0.717) is 6.54 Å². The number of hydrogen-bond acceptors (Lipinski definition) is 2. The van der Waals surface area contributed by atoms with E-state index in [2.05, 4.69) is 10.6 Å². The Labute approximate surface area is 105 Å². The Kier molecular flexibility index (Phi) is 5.49. The van der Waals surface area contributed by atoms with Crippen molar-refractivity contribution >= 4 is 23.5 Å². The van der Waals surface area contributed by atoms with E-state index in [4.69, 9.17) is 11.6 Å². The molecule has 2 N–H and O–H groups in total. The highest BCUT2D eigenvalue weighted by atomic mass is 35.5. The van der Waals surface area contributed by atoms with Crippen LogP contribution >= 0.6 is 11.6 Å². The van der Waals surface area contributed by atoms with Crippen molar-refractivity contribution in [2.75, 3.05) is 5.88 Å². The third-order valence-electron chi connectivity index (χ3n) is 2.11. The molecule has 0 saturated heterocycles. The molecule has 5 heteroatoms. The predicted molar refractivity (Wildman–Crippen MR) is 66.9 cm³/mol. The summed E-state index contributed by atoms with van der Waals surface area (Å²) in [7, 11) is 0. The maximum absolute atomic E-state index is 11.3. The zero-order chi connectivity index (χ0) is 12.7. The standard InChI is InChI=1S/C12H15ClN2O2/c1-9-3-2-4-10(7-9)8-14-12(17)15-11(16)5-6-13/h2-4,7H,5-6,8H2,1H3,(H2,14,15,16,17). The van der Waals surface area contributed by atoms with Crippen molar-refractivity contribution in [3.63, 3.8) is 0 Å². The van der Waals surface area contributed by atoms with Crippen LogP contribution in [0.15, 0.2) is 24.3 Å². The van der Waals surface area contributed by atoms with E-state index in [-0.39, 0.29) is 18.2 Å². The maximum Gasteiger partial charge on any atom is 0.321 e. The molecule has 0 atom stereocenters. The number of carbonyl (C=O) groups is 2. The topological polar surface area (TPSA) is 58.2 Å². The first-order valence-corrected chi connectivity index (χ1v) is 5.84. The SMILES string of the molecule is Cc1cccc(CNC(=O)NC(=O)CCCl)c1. The fourth-order valence-corrected chi connectivity index (χ4v) is 1.50. The van der Waals surface area contributed by atoms with E-state index in [1.807, 2.05) is 31.2 Å². The average molecular weight is 255 g/mol. The van der Waals surface area contributed by atoms with Gasteiger partial charge in [-0.25, -0.2) is 4.79 Å². The first-order valence-electron chi connectivity index (χ1n) is 5.31. The molecule has 0 fully saturated rings. The molecule has 1 aromatic rings. The Morgan fingerprint density at radius 3 is 2.76 bits per heavy atom. The van der Waals surface area contributed by atoms with Gasteiger partial charge in [0.2, 0.25) is 5.91 Å². The second kappa shape index (κ2) is 6.91. The van der Waals surface area contributed by atoms with Crippen LogP contribution in [0.2, 0.25) is 0 Å². The lowest BCUT2D eigenvalue weighted by Crippen LogP contribution is -2.39. The van der Waals surface area contributed by atoms with Gasteiger partial charge in [0.15, 0.2) is 0 Å². The van der Waals surface area contributed by atoms with Crippen LogP contribution < -0.4 is 10.6 Å². The molecule has 0 heterocycles. The van der Waals surface area contributed by atoms with Gasteiger partial charge in [-0.3, -0.25) is 10.1 Å². The highest BCUT2D eigenvalue weighted by molar-refractivity contribution is 6.19. The molecule has 0 aliphatic carbocycles. The minimum Gasteiger partial charge on any atom is -0.334 e. The Balaban J connectivity index is 2.35. The molecule has 0 unspecified atom stereocenters. The quantitative estimate of drug-likeness (QED) is 0.807. The van der Waals surface area contributed by atoms with Crippen LogP contribution in [-0.4, -0.2) is 17.8 Å². The summed E-state index contributed by atoms with van der Waals surface area (Å²) >= 11 is 5.38. The van der Waals surface area contributed by atoms with Crippen LogP contribution in [0.1, 0.15) is 17.5 Å². The predicted octanol–water partition coefficient (Wildman–Crippen LogP) is 1.95. The van der Waals surface area contributed by atoms with Crippen LogP contribution in [0, 0.1) is 6.92 Å². The Morgan fingerprint density at radius 2 is 2.12 bits per heavy atom. The van der Waals surface area contributed by atoms with Crippen LogP contribution in [-0.2, 0) is 11.3 Å². The van der Waals surface area contributed by atoms with Crippen molar-refractivity contribution in [2.24, 2.45) is 0 Å². The molecule has 0 spiro atoms. The molecule has 4 nitrogen and oxygen atoms in total. The number of aryl methyl sites for hydroxylation is 1. The van der Waals surface area contributed by atoms with Gasteiger partial charge < -0.3 is 5.32 Å². The highest BCUT2D eigenvalue weighted by Crippen LogP contribution is 2.02. The molecule has 0 aromatic heterocycles. The summed E-state index contributed by atoms with van der Waals surface area (Å²) in [6.45, 7) is 2.37. The van der Waals surface area contributed by atoms with Crippen LogP contribution in [0.25, 0.3) is 0 Å². The summed E-state index contributed by atoms with van der Waals surface area (Å²) in [5, 5.41) is 4.79. The third kappa shape index (κ3) is 5.36. The molecule has 0 radical (unpaired) electrons. The number of nitrogens with one attached hydrogen (secondary N) is 2. The number of hydrogen-bond donors (Lipinski definition) is 2. The lowest BCUT2D eigenvalue weighted by Gasteiger charge is -2.06. The molecule has 1 aromatic carbocycles. The first-order chi connectivity index (χ1) is 8.11. The van der Waals surface area contributed by atoms with Crippen LogP contribution in [0.5, 0.6) is 0 Å². The lowest BCUT2D eigenvalue weighted by atomic mass is 10.1. The van der Waals surface area contributed by atoms with Gasteiger partial charge in [0.25, 0.3) is 0 Å². The van der Waals surface area contributed by atoms with Gasteiger partial charge in [-0.2, -0.15) is 0 Å². The summed E-state index contributed by atoms with van der Waals surface area (Å²) < 4.78 is 0. The number of halogens is 1. The van der Waals surface area contributed by atoms with Gasteiger partial charge in [0.05, 0.1) is 0 Å². The van der Waals surface area contributed by atoms with E-state index < -0.39 is 6.03 Å². The molecule has 0 bridgehead atoms. The minimum atomic E-state index is -0.498. The minimum absolute atomic E-state index is 0.138. The van der Waals surface area contributed by atoms with Crippen LogP contribution in [0.3, 0.4) is 0 Å². The number of amides is 3. The van der Waals surface area contributed by atoms with Crippen LogP contribution in [0.4, 0.5) is 4.79 Å². The van der Waals surface area contributed by atoms with Crippen molar-refractivity contribution in [2.45, 2.75) is 19.9 Å². The molecule has 17 heavy (non-hydrogen) atoms. The monoisotopic (exact) mass is 254 g/mol. The fourth-order valence-electron chi connectivity index (χ4n) is 1.32. The number of carbonyl (C=O) groups excluding carboxylic acids is 2. The van der Waals surface area contributed by atoms with E-state index >= 15 is 0 Å². The zero-order valence-electron chi connectivity index (χ0n) is 9.63. The summed E-state index contributed by atoms with van der Waals surface area (Å²) in [6.07, 6.45) is 0.138. The molecule has 0 aliphatic heterocycles. The number of alkyl halides is 1. The second-order valence-electron chi connectivity index (χ2n) is 3.66. The van der Waals surface area contributed by atoms with Gasteiger partial charge >= 0.3 is 6.03 Å². The molecule has 3 amide bonds. The maximum atomic E-state index is 11.3. The van der Waals surface area contributed by atoms with E-state index in [9.17, 15) is 9.59 Å². The van der Waals surface area contributed by atoms with Gasteiger partial charge in [0, 0.05) is 18.8 Å². The first kappa shape index (κ1) is 13.5. The largest absolute Gasteiger partial charge is 0.334 e. The zero-order valence-corrected chi connectivity index (χ0v) is 10.4. The van der Waals surface area contributed by atoms with Crippen molar-refractivity contribution in [1.82, 2.24) is 10.6 Å². The summed E-state index contributed by atoms with van der Waals surface area (Å²) in [4.78, 5) is 22.4. The molecule has 92 valence electrons. The van der Waals surface area contributed by atoms with E-state index in [1.165, 1.54) is 0 Å². The van der Waals surface area contributed by atoms with Crippen molar-refractivity contribution < 1.29 is 9.59 Å². The smallest absolute Gasteiger partial charge is 0.321 e. The molecular formula is C12H15ClN2O2. The Morgan fingerprint density at radius 1 is 1.35 bits per heavy atom. The molecule has 0 aliphatic rings. The number of urea groups is 1. The third-order valence-corrected chi connectivity index (χ3v) is 2.30. The highest BCUT2D eigenvalue weighted by Gasteiger charge is 2.06. The van der Waals surface area contributed by atoms with E-state index in [1.54, 1.807) is 0 Å². The molecule has 1 rings (SSSR count). The van der Waals surface area contributed by atoms with Gasteiger partial charge in [0.1, 0.15) is 0 Å². The van der Waals surface area contributed by atoms with Crippen molar-refractivity contribution in [3.05, 3.63) is 35.4 Å².